The van der Waals surface area contributed by atoms with Gasteiger partial charge < -0.3 is 14.1 Å². The highest BCUT2D eigenvalue weighted by Crippen LogP contribution is 2.24. The SMILES string of the molecule is CC(=O)CC(=O)Nc1ccccc1OS(=O)[O-]. The summed E-state index contributed by atoms with van der Waals surface area (Å²) in [7, 11) is 0. The molecule has 92 valence electrons. The molecule has 6 nitrogen and oxygen atoms in total. The summed E-state index contributed by atoms with van der Waals surface area (Å²) < 4.78 is 25.3. The van der Waals surface area contributed by atoms with Gasteiger partial charge in [-0.2, -0.15) is 0 Å². The first-order valence-electron chi connectivity index (χ1n) is 4.65. The molecule has 0 aliphatic rings. The standard InChI is InChI=1S/C10H11NO5S/c1-7(12)6-10(13)11-8-4-2-3-5-9(8)16-17(14)15/h2-5H,6H2,1H3,(H,11,13)(H,14,15)/p-1. The number of amides is 1. The Hall–Kier alpha value is -1.73. The summed E-state index contributed by atoms with van der Waals surface area (Å²) in [6, 6.07) is 6.02. The Bertz CT molecular complexity index is 460. The fourth-order valence-corrected chi connectivity index (χ4v) is 1.43. The molecule has 0 aliphatic carbocycles. The van der Waals surface area contributed by atoms with Crippen LogP contribution in [0.3, 0.4) is 0 Å². The van der Waals surface area contributed by atoms with E-state index in [2.05, 4.69) is 9.50 Å². The molecule has 0 radical (unpaired) electrons. The van der Waals surface area contributed by atoms with Gasteiger partial charge in [-0.05, 0) is 19.1 Å². The summed E-state index contributed by atoms with van der Waals surface area (Å²) >= 11 is -2.72. The van der Waals surface area contributed by atoms with E-state index in [1.807, 2.05) is 0 Å². The molecular formula is C10H10NO5S-. The van der Waals surface area contributed by atoms with Gasteiger partial charge in [0.1, 0.15) is 17.1 Å². The van der Waals surface area contributed by atoms with E-state index < -0.39 is 17.3 Å². The minimum absolute atomic E-state index is 0.00210. The van der Waals surface area contributed by atoms with Crippen molar-refractivity contribution in [2.24, 2.45) is 0 Å². The number of benzene rings is 1. The second kappa shape index (κ2) is 6.12. The first kappa shape index (κ1) is 13.3. The van der Waals surface area contributed by atoms with Crippen LogP contribution in [-0.2, 0) is 21.0 Å². The van der Waals surface area contributed by atoms with Crippen LogP contribution in [0.2, 0.25) is 0 Å². The number of rotatable bonds is 5. The Morgan fingerprint density at radius 2 is 2.06 bits per heavy atom. The Labute approximate surface area is 100 Å². The molecule has 1 aromatic carbocycles. The summed E-state index contributed by atoms with van der Waals surface area (Å²) in [5.41, 5.74) is 0.197. The molecule has 1 rings (SSSR count). The van der Waals surface area contributed by atoms with Gasteiger partial charge in [0.05, 0.1) is 12.1 Å². The Kier molecular flexibility index (Phi) is 4.80. The van der Waals surface area contributed by atoms with E-state index in [0.29, 0.717) is 0 Å². The van der Waals surface area contributed by atoms with Gasteiger partial charge in [0.15, 0.2) is 5.75 Å². The number of carbonyl (C=O) groups is 2. The van der Waals surface area contributed by atoms with Crippen LogP contribution in [0.25, 0.3) is 0 Å². The summed E-state index contributed by atoms with van der Waals surface area (Å²) in [5.74, 6) is -0.809. The number of Topliss-reactive ketones (excluding diaryl/α,β-unsaturated/α-hetero) is 1. The Balaban J connectivity index is 2.79. The fourth-order valence-electron chi connectivity index (χ4n) is 1.14. The molecule has 7 heteroatoms. The maximum atomic E-state index is 11.3. The third kappa shape index (κ3) is 4.75. The van der Waals surface area contributed by atoms with Gasteiger partial charge >= 0.3 is 0 Å². The van der Waals surface area contributed by atoms with Gasteiger partial charge in [0.2, 0.25) is 5.91 Å². The molecule has 0 spiro atoms. The van der Waals surface area contributed by atoms with Crippen LogP contribution in [0.5, 0.6) is 5.75 Å². The molecule has 0 saturated carbocycles. The topological polar surface area (TPSA) is 95.5 Å². The summed E-state index contributed by atoms with van der Waals surface area (Å²) in [5, 5.41) is 2.39. The maximum Gasteiger partial charge on any atom is 0.231 e. The van der Waals surface area contributed by atoms with Gasteiger partial charge in [0.25, 0.3) is 0 Å². The van der Waals surface area contributed by atoms with E-state index in [-0.39, 0.29) is 23.6 Å². The molecule has 1 N–H and O–H groups in total. The van der Waals surface area contributed by atoms with Crippen LogP contribution < -0.4 is 9.50 Å². The zero-order valence-corrected chi connectivity index (χ0v) is 9.78. The Morgan fingerprint density at radius 3 is 2.65 bits per heavy atom. The number of hydrogen-bond acceptors (Lipinski definition) is 5. The van der Waals surface area contributed by atoms with E-state index in [4.69, 9.17) is 0 Å². The van der Waals surface area contributed by atoms with Crippen LogP contribution >= 0.6 is 0 Å². The molecule has 1 aromatic rings. The van der Waals surface area contributed by atoms with Gasteiger partial charge in [-0.25, -0.2) is 4.21 Å². The van der Waals surface area contributed by atoms with Crippen molar-refractivity contribution in [1.82, 2.24) is 0 Å². The van der Waals surface area contributed by atoms with Gasteiger partial charge in [-0.15, -0.1) is 0 Å². The fraction of sp³-hybridized carbons (Fsp3) is 0.200. The van der Waals surface area contributed by atoms with E-state index in [0.717, 1.165) is 0 Å². The molecule has 1 atom stereocenters. The molecule has 17 heavy (non-hydrogen) atoms. The van der Waals surface area contributed by atoms with Crippen molar-refractivity contribution in [3.05, 3.63) is 24.3 Å². The van der Waals surface area contributed by atoms with E-state index in [9.17, 15) is 18.4 Å². The minimum atomic E-state index is -2.72. The number of para-hydroxylation sites is 2. The summed E-state index contributed by atoms with van der Waals surface area (Å²) in [6.45, 7) is 1.29. The van der Waals surface area contributed by atoms with Gasteiger partial charge in [-0.1, -0.05) is 12.1 Å². The van der Waals surface area contributed by atoms with Crippen molar-refractivity contribution in [2.45, 2.75) is 13.3 Å². The first-order chi connectivity index (χ1) is 7.99. The summed E-state index contributed by atoms with van der Waals surface area (Å²) in [6.07, 6.45) is -0.269. The molecular weight excluding hydrogens is 246 g/mol. The molecule has 0 aromatic heterocycles. The lowest BCUT2D eigenvalue weighted by molar-refractivity contribution is -0.124. The number of carbonyl (C=O) groups excluding carboxylic acids is 2. The minimum Gasteiger partial charge on any atom is -0.740 e. The number of nitrogens with one attached hydrogen (secondary N) is 1. The second-order valence-corrected chi connectivity index (χ2v) is 3.79. The van der Waals surface area contributed by atoms with Crippen molar-refractivity contribution in [3.63, 3.8) is 0 Å². The largest absolute Gasteiger partial charge is 0.740 e. The monoisotopic (exact) mass is 256 g/mol. The maximum absolute atomic E-state index is 11.3. The molecule has 1 amide bonds. The lowest BCUT2D eigenvalue weighted by Gasteiger charge is -2.12. The molecule has 0 saturated heterocycles. The third-order valence-corrected chi connectivity index (χ3v) is 2.04. The van der Waals surface area contributed by atoms with Crippen LogP contribution in [0.1, 0.15) is 13.3 Å². The highest BCUT2D eigenvalue weighted by Gasteiger charge is 2.09. The smallest absolute Gasteiger partial charge is 0.231 e. The number of hydrogen-bond donors (Lipinski definition) is 1. The van der Waals surface area contributed by atoms with E-state index in [1.165, 1.54) is 19.1 Å². The predicted octanol–water partition coefficient (Wildman–Crippen LogP) is 0.777. The Morgan fingerprint density at radius 1 is 1.41 bits per heavy atom. The number of ketones is 1. The quantitative estimate of drug-likeness (QED) is 0.620. The molecule has 0 aliphatic heterocycles. The second-order valence-electron chi connectivity index (χ2n) is 3.21. The first-order valence-corrected chi connectivity index (χ1v) is 5.65. The van der Waals surface area contributed by atoms with Crippen molar-refractivity contribution >= 4 is 28.7 Å². The highest BCUT2D eigenvalue weighted by atomic mass is 32.2. The lowest BCUT2D eigenvalue weighted by atomic mass is 10.2. The average molecular weight is 256 g/mol. The third-order valence-electron chi connectivity index (χ3n) is 1.73. The molecule has 0 bridgehead atoms. The molecule has 1 unspecified atom stereocenters. The predicted molar refractivity (Wildman–Crippen MR) is 59.9 cm³/mol. The normalized spacial score (nSPS) is 11.6. The molecule has 0 heterocycles. The zero-order valence-electron chi connectivity index (χ0n) is 8.97. The van der Waals surface area contributed by atoms with Crippen molar-refractivity contribution in [2.75, 3.05) is 5.32 Å². The lowest BCUT2D eigenvalue weighted by Crippen LogP contribution is -2.15. The average Bonchev–Trinajstić information content (AvgIpc) is 2.18. The van der Waals surface area contributed by atoms with Crippen molar-refractivity contribution in [1.29, 1.82) is 0 Å². The highest BCUT2D eigenvalue weighted by molar-refractivity contribution is 7.74. The van der Waals surface area contributed by atoms with E-state index >= 15 is 0 Å². The van der Waals surface area contributed by atoms with Gasteiger partial charge in [-0.3, -0.25) is 9.59 Å². The van der Waals surface area contributed by atoms with Crippen molar-refractivity contribution in [3.8, 4) is 5.75 Å². The van der Waals surface area contributed by atoms with Crippen LogP contribution in [0, 0.1) is 0 Å². The van der Waals surface area contributed by atoms with Crippen LogP contribution in [-0.4, -0.2) is 20.5 Å². The van der Waals surface area contributed by atoms with Crippen molar-refractivity contribution < 1.29 is 22.5 Å². The molecule has 0 fully saturated rings. The number of anilines is 1. The zero-order chi connectivity index (χ0) is 12.8. The van der Waals surface area contributed by atoms with E-state index in [1.54, 1.807) is 12.1 Å². The summed E-state index contributed by atoms with van der Waals surface area (Å²) in [4.78, 5) is 22.0. The van der Waals surface area contributed by atoms with Gasteiger partial charge in [0, 0.05) is 0 Å². The van der Waals surface area contributed by atoms with Crippen LogP contribution in [0.15, 0.2) is 24.3 Å². The van der Waals surface area contributed by atoms with Crippen LogP contribution in [0.4, 0.5) is 5.69 Å².